The zero-order chi connectivity index (χ0) is 21.1. The summed E-state index contributed by atoms with van der Waals surface area (Å²) in [4.78, 5) is 13.1. The van der Waals surface area contributed by atoms with Crippen molar-refractivity contribution in [3.63, 3.8) is 0 Å². The number of aryl methyl sites for hydroxylation is 4. The minimum atomic E-state index is 0.0389. The van der Waals surface area contributed by atoms with E-state index in [4.69, 9.17) is 14.2 Å². The van der Waals surface area contributed by atoms with Gasteiger partial charge >= 0.3 is 0 Å². The van der Waals surface area contributed by atoms with E-state index in [0.717, 1.165) is 44.9 Å². The number of carbonyl (C=O) groups is 1. The number of methoxy groups -OCH3 is 2. The molecule has 1 aliphatic heterocycles. The first-order valence-corrected chi connectivity index (χ1v) is 9.68. The number of ether oxygens (including phenoxy) is 3. The molecule has 4 nitrogen and oxygen atoms in total. The third-order valence-corrected chi connectivity index (χ3v) is 5.32. The number of Topliss-reactive ketones (excluding diaryl/α,β-unsaturated/α-hetero) is 1. The summed E-state index contributed by atoms with van der Waals surface area (Å²) in [5.74, 6) is 1.74. The van der Waals surface area contributed by atoms with Crippen molar-refractivity contribution >= 4 is 17.9 Å². The Kier molecular flexibility index (Phi) is 6.23. The fourth-order valence-corrected chi connectivity index (χ4v) is 3.57. The highest BCUT2D eigenvalue weighted by Crippen LogP contribution is 2.28. The van der Waals surface area contributed by atoms with E-state index in [1.54, 1.807) is 14.2 Å². The molecular formula is C25H28O4. The van der Waals surface area contributed by atoms with Gasteiger partial charge in [-0.25, -0.2) is 0 Å². The van der Waals surface area contributed by atoms with E-state index in [-0.39, 0.29) is 5.78 Å². The van der Waals surface area contributed by atoms with Gasteiger partial charge in [0.25, 0.3) is 0 Å². The second kappa shape index (κ2) is 8.66. The van der Waals surface area contributed by atoms with Crippen molar-refractivity contribution in [2.75, 3.05) is 27.4 Å². The highest BCUT2D eigenvalue weighted by atomic mass is 16.5. The zero-order valence-corrected chi connectivity index (χ0v) is 18.0. The van der Waals surface area contributed by atoms with E-state index in [2.05, 4.69) is 0 Å². The van der Waals surface area contributed by atoms with Gasteiger partial charge in [0.2, 0.25) is 0 Å². The minimum Gasteiger partial charge on any atom is -0.496 e. The van der Waals surface area contributed by atoms with Gasteiger partial charge in [-0.05, 0) is 97.5 Å². The molecule has 0 amide bonds. The van der Waals surface area contributed by atoms with Gasteiger partial charge < -0.3 is 14.2 Å². The lowest BCUT2D eigenvalue weighted by molar-refractivity contribution is -0.114. The number of carbonyl (C=O) groups excluding carboxylic acids is 1. The quantitative estimate of drug-likeness (QED) is 0.687. The predicted octanol–water partition coefficient (Wildman–Crippen LogP) is 5.00. The molecule has 2 aromatic carbocycles. The van der Waals surface area contributed by atoms with Crippen molar-refractivity contribution in [1.82, 2.24) is 0 Å². The van der Waals surface area contributed by atoms with Gasteiger partial charge in [-0.1, -0.05) is 0 Å². The molecule has 1 aliphatic rings. The molecular weight excluding hydrogens is 364 g/mol. The van der Waals surface area contributed by atoms with E-state index in [1.165, 1.54) is 0 Å². The maximum atomic E-state index is 13.1. The van der Waals surface area contributed by atoms with Crippen LogP contribution in [0, 0.1) is 27.7 Å². The smallest absolute Gasteiger partial charge is 0.189 e. The monoisotopic (exact) mass is 392 g/mol. The summed E-state index contributed by atoms with van der Waals surface area (Å²) in [7, 11) is 3.33. The fraction of sp³-hybridized carbons (Fsp3) is 0.320. The molecule has 0 saturated carbocycles. The Morgan fingerprint density at radius 1 is 0.724 bits per heavy atom. The maximum Gasteiger partial charge on any atom is 0.189 e. The lowest BCUT2D eigenvalue weighted by atomic mass is 9.94. The maximum absolute atomic E-state index is 13.1. The van der Waals surface area contributed by atoms with Crippen LogP contribution in [0.4, 0.5) is 0 Å². The second-order valence-electron chi connectivity index (χ2n) is 7.52. The van der Waals surface area contributed by atoms with Crippen molar-refractivity contribution in [2.45, 2.75) is 27.7 Å². The zero-order valence-electron chi connectivity index (χ0n) is 18.0. The number of ketones is 1. The molecule has 2 aromatic rings. The third kappa shape index (κ3) is 4.43. The number of rotatable bonds is 4. The summed E-state index contributed by atoms with van der Waals surface area (Å²) in [5.41, 5.74) is 7.54. The predicted molar refractivity (Wildman–Crippen MR) is 117 cm³/mol. The third-order valence-electron chi connectivity index (χ3n) is 5.32. The Morgan fingerprint density at radius 3 is 1.52 bits per heavy atom. The van der Waals surface area contributed by atoms with Crippen LogP contribution in [-0.2, 0) is 9.53 Å². The molecule has 0 unspecified atom stereocenters. The summed E-state index contributed by atoms with van der Waals surface area (Å²) in [6.45, 7) is 8.67. The van der Waals surface area contributed by atoms with Crippen molar-refractivity contribution in [3.8, 4) is 11.5 Å². The van der Waals surface area contributed by atoms with Crippen LogP contribution >= 0.6 is 0 Å². The van der Waals surface area contributed by atoms with Gasteiger partial charge in [-0.3, -0.25) is 4.79 Å². The molecule has 0 aliphatic carbocycles. The molecule has 0 aromatic heterocycles. The SMILES string of the molecule is COc1cc(C)c(/C=C2\COC/C(=C\c3cc(C)c(OC)cc3C)C2=O)cc1C. The Labute approximate surface area is 172 Å². The van der Waals surface area contributed by atoms with Crippen LogP contribution in [0.15, 0.2) is 35.4 Å². The van der Waals surface area contributed by atoms with E-state index in [9.17, 15) is 4.79 Å². The summed E-state index contributed by atoms with van der Waals surface area (Å²) in [6.07, 6.45) is 3.87. The fourth-order valence-electron chi connectivity index (χ4n) is 3.57. The lowest BCUT2D eigenvalue weighted by Gasteiger charge is -2.19. The van der Waals surface area contributed by atoms with Crippen LogP contribution in [0.5, 0.6) is 11.5 Å². The lowest BCUT2D eigenvalue weighted by Crippen LogP contribution is -2.22. The van der Waals surface area contributed by atoms with Crippen LogP contribution in [0.25, 0.3) is 12.2 Å². The standard InChI is InChI=1S/C25H28O4/c1-15-9-23(27-5)17(3)7-19(15)11-21-13-29-14-22(25(21)26)12-20-8-18(4)24(28-6)10-16(20)2/h7-12H,13-14H2,1-6H3/b21-11+,22-12+. The van der Waals surface area contributed by atoms with Crippen LogP contribution in [0.3, 0.4) is 0 Å². The number of benzene rings is 2. The van der Waals surface area contributed by atoms with Gasteiger partial charge in [-0.15, -0.1) is 0 Å². The Morgan fingerprint density at radius 2 is 1.14 bits per heavy atom. The average Bonchev–Trinajstić information content (AvgIpc) is 2.69. The first kappa shape index (κ1) is 20.9. The molecule has 0 radical (unpaired) electrons. The second-order valence-corrected chi connectivity index (χ2v) is 7.52. The van der Waals surface area contributed by atoms with Crippen LogP contribution in [-0.4, -0.2) is 33.2 Å². The molecule has 152 valence electrons. The molecule has 1 fully saturated rings. The largest absolute Gasteiger partial charge is 0.496 e. The highest BCUT2D eigenvalue weighted by molar-refractivity contribution is 6.14. The van der Waals surface area contributed by atoms with Crippen molar-refractivity contribution in [3.05, 3.63) is 68.8 Å². The summed E-state index contributed by atoms with van der Waals surface area (Å²) < 4.78 is 16.5. The van der Waals surface area contributed by atoms with Crippen molar-refractivity contribution in [1.29, 1.82) is 0 Å². The van der Waals surface area contributed by atoms with Crippen LogP contribution < -0.4 is 9.47 Å². The highest BCUT2D eigenvalue weighted by Gasteiger charge is 2.22. The molecule has 0 bridgehead atoms. The molecule has 0 N–H and O–H groups in total. The molecule has 0 atom stereocenters. The van der Waals surface area contributed by atoms with E-state index in [0.29, 0.717) is 24.4 Å². The average molecular weight is 392 g/mol. The van der Waals surface area contributed by atoms with Gasteiger partial charge in [0.05, 0.1) is 27.4 Å². The molecule has 1 heterocycles. The van der Waals surface area contributed by atoms with Gasteiger partial charge in [0, 0.05) is 11.1 Å². The molecule has 29 heavy (non-hydrogen) atoms. The number of hydrogen-bond donors (Lipinski definition) is 0. The van der Waals surface area contributed by atoms with Crippen LogP contribution in [0.2, 0.25) is 0 Å². The van der Waals surface area contributed by atoms with Crippen molar-refractivity contribution in [2.24, 2.45) is 0 Å². The summed E-state index contributed by atoms with van der Waals surface area (Å²) in [5, 5.41) is 0. The molecule has 1 saturated heterocycles. The summed E-state index contributed by atoms with van der Waals surface area (Å²) in [6, 6.07) is 8.08. The molecule has 0 spiro atoms. The van der Waals surface area contributed by atoms with E-state index >= 15 is 0 Å². The number of hydrogen-bond acceptors (Lipinski definition) is 4. The molecule has 4 heteroatoms. The topological polar surface area (TPSA) is 44.8 Å². The Balaban J connectivity index is 1.95. The van der Waals surface area contributed by atoms with Crippen molar-refractivity contribution < 1.29 is 19.0 Å². The van der Waals surface area contributed by atoms with Gasteiger partial charge in [0.15, 0.2) is 5.78 Å². The van der Waals surface area contributed by atoms with E-state index in [1.807, 2.05) is 64.1 Å². The molecule has 3 rings (SSSR count). The van der Waals surface area contributed by atoms with Crippen LogP contribution in [0.1, 0.15) is 33.4 Å². The Bertz CT molecular complexity index is 932. The normalized spacial score (nSPS) is 17.1. The minimum absolute atomic E-state index is 0.0389. The summed E-state index contributed by atoms with van der Waals surface area (Å²) >= 11 is 0. The first-order valence-electron chi connectivity index (χ1n) is 9.68. The van der Waals surface area contributed by atoms with Gasteiger partial charge in [0.1, 0.15) is 11.5 Å². The Hall–Kier alpha value is -2.85. The first-order chi connectivity index (χ1) is 13.8. The van der Waals surface area contributed by atoms with E-state index < -0.39 is 0 Å². The van der Waals surface area contributed by atoms with Gasteiger partial charge in [-0.2, -0.15) is 0 Å².